The first-order valence-electron chi connectivity index (χ1n) is 7.58. The molecule has 2 nitrogen and oxygen atoms in total. The molecule has 130 valence electrons. The molecule has 3 rings (SSSR count). The Labute approximate surface area is 156 Å². The van der Waals surface area contributed by atoms with Gasteiger partial charge in [0.15, 0.2) is 0 Å². The fourth-order valence-electron chi connectivity index (χ4n) is 2.54. The largest absolute Gasteiger partial charge is 0.507 e. The summed E-state index contributed by atoms with van der Waals surface area (Å²) in [5, 5.41) is 10.2. The summed E-state index contributed by atoms with van der Waals surface area (Å²) in [5.41, 5.74) is 2.64. The number of rotatable bonds is 3. The van der Waals surface area contributed by atoms with Crippen molar-refractivity contribution in [3.63, 3.8) is 0 Å². The maximum Gasteiger partial charge on any atom is 0.124 e. The summed E-state index contributed by atoms with van der Waals surface area (Å²) in [7, 11) is 1.97. The van der Waals surface area contributed by atoms with Crippen molar-refractivity contribution >= 4 is 22.6 Å². The summed E-state index contributed by atoms with van der Waals surface area (Å²) in [6.07, 6.45) is 7.77. The second-order valence-corrected chi connectivity index (χ2v) is 5.69. The van der Waals surface area contributed by atoms with Crippen LogP contribution < -0.4 is 0 Å². The SMILES string of the molecule is Br.CN1C=CC(/C=C(\c2ccc(F)cc2)c2cc(F)ccc2O)=CC1. The molecule has 0 aromatic heterocycles. The van der Waals surface area contributed by atoms with Gasteiger partial charge in [-0.15, -0.1) is 17.0 Å². The molecule has 0 spiro atoms. The lowest BCUT2D eigenvalue weighted by Crippen LogP contribution is -2.13. The van der Waals surface area contributed by atoms with E-state index >= 15 is 0 Å². The standard InChI is InChI=1S/C20H17F2NO.BrH/c1-23-10-8-14(9-11-23)12-18(15-2-4-16(21)5-3-15)19-13-17(22)6-7-20(19)24;/h2-10,12-13,24H,11H2,1H3;1H/b18-12+;. The molecular formula is C20H18BrF2NO. The number of aromatic hydroxyl groups is 1. The predicted octanol–water partition coefficient (Wildman–Crippen LogP) is 5.07. The zero-order valence-electron chi connectivity index (χ0n) is 13.6. The first-order valence-corrected chi connectivity index (χ1v) is 7.58. The summed E-state index contributed by atoms with van der Waals surface area (Å²) in [4.78, 5) is 2.02. The van der Waals surface area contributed by atoms with E-state index in [0.29, 0.717) is 16.7 Å². The number of hydrogen-bond acceptors (Lipinski definition) is 2. The van der Waals surface area contributed by atoms with E-state index in [0.717, 1.165) is 12.1 Å². The van der Waals surface area contributed by atoms with Crippen LogP contribution in [0, 0.1) is 11.6 Å². The van der Waals surface area contributed by atoms with Gasteiger partial charge < -0.3 is 10.0 Å². The van der Waals surface area contributed by atoms with E-state index in [1.807, 2.05) is 36.4 Å². The highest BCUT2D eigenvalue weighted by Crippen LogP contribution is 2.32. The Bertz CT molecular complexity index is 841. The smallest absolute Gasteiger partial charge is 0.124 e. The number of halogens is 3. The molecular weight excluding hydrogens is 388 g/mol. The van der Waals surface area contributed by atoms with E-state index < -0.39 is 5.82 Å². The van der Waals surface area contributed by atoms with E-state index in [9.17, 15) is 13.9 Å². The maximum atomic E-state index is 13.7. The fourth-order valence-corrected chi connectivity index (χ4v) is 2.54. The number of hydrogen-bond donors (Lipinski definition) is 1. The molecule has 1 N–H and O–H groups in total. The third kappa shape index (κ3) is 4.57. The van der Waals surface area contributed by atoms with E-state index in [-0.39, 0.29) is 28.5 Å². The van der Waals surface area contributed by atoms with Crippen LogP contribution in [0.1, 0.15) is 11.1 Å². The van der Waals surface area contributed by atoms with Crippen molar-refractivity contribution in [1.82, 2.24) is 4.90 Å². The van der Waals surface area contributed by atoms with Crippen molar-refractivity contribution in [2.45, 2.75) is 0 Å². The van der Waals surface area contributed by atoms with Crippen LogP contribution in [0.2, 0.25) is 0 Å². The van der Waals surface area contributed by atoms with Gasteiger partial charge >= 0.3 is 0 Å². The molecule has 1 aliphatic rings. The molecule has 0 aliphatic carbocycles. The van der Waals surface area contributed by atoms with Gasteiger partial charge in [-0.05, 0) is 65.4 Å². The van der Waals surface area contributed by atoms with Crippen molar-refractivity contribution in [2.75, 3.05) is 13.6 Å². The molecule has 0 atom stereocenters. The molecule has 2 aromatic carbocycles. The monoisotopic (exact) mass is 405 g/mol. The Hall–Kier alpha value is -2.40. The van der Waals surface area contributed by atoms with E-state index in [4.69, 9.17) is 0 Å². The van der Waals surface area contributed by atoms with Gasteiger partial charge in [-0.1, -0.05) is 18.2 Å². The van der Waals surface area contributed by atoms with Gasteiger partial charge in [0.1, 0.15) is 17.4 Å². The van der Waals surface area contributed by atoms with Crippen LogP contribution >= 0.6 is 17.0 Å². The zero-order chi connectivity index (χ0) is 17.1. The third-order valence-electron chi connectivity index (χ3n) is 3.85. The lowest BCUT2D eigenvalue weighted by molar-refractivity contribution is 0.471. The van der Waals surface area contributed by atoms with Crippen LogP contribution in [0.5, 0.6) is 5.75 Å². The maximum absolute atomic E-state index is 13.7. The summed E-state index contributed by atoms with van der Waals surface area (Å²) >= 11 is 0. The van der Waals surface area contributed by atoms with Crippen LogP contribution in [0.25, 0.3) is 5.57 Å². The van der Waals surface area contributed by atoms with E-state index in [1.165, 1.54) is 30.3 Å². The molecule has 5 heteroatoms. The number of likely N-dealkylation sites (N-methyl/N-ethyl adjacent to an activating group) is 1. The first-order chi connectivity index (χ1) is 11.5. The van der Waals surface area contributed by atoms with E-state index in [1.54, 1.807) is 12.1 Å². The van der Waals surface area contributed by atoms with Crippen molar-refractivity contribution in [2.24, 2.45) is 0 Å². The molecule has 25 heavy (non-hydrogen) atoms. The summed E-state index contributed by atoms with van der Waals surface area (Å²) in [6.45, 7) is 0.758. The lowest BCUT2D eigenvalue weighted by Gasteiger charge is -2.17. The van der Waals surface area contributed by atoms with Gasteiger partial charge in [0.25, 0.3) is 0 Å². The molecule has 0 unspecified atom stereocenters. The minimum atomic E-state index is -0.441. The Morgan fingerprint density at radius 2 is 1.76 bits per heavy atom. The minimum absolute atomic E-state index is 0. The zero-order valence-corrected chi connectivity index (χ0v) is 15.3. The topological polar surface area (TPSA) is 23.5 Å². The van der Waals surface area contributed by atoms with Gasteiger partial charge in [0.2, 0.25) is 0 Å². The number of allylic oxidation sites excluding steroid dienone is 3. The number of benzene rings is 2. The highest BCUT2D eigenvalue weighted by atomic mass is 79.9. The molecule has 0 bridgehead atoms. The Kier molecular flexibility index (Phi) is 6.15. The summed E-state index contributed by atoms with van der Waals surface area (Å²) in [5.74, 6) is -0.812. The van der Waals surface area contributed by atoms with Gasteiger partial charge in [0, 0.05) is 19.2 Å². The summed E-state index contributed by atoms with van der Waals surface area (Å²) < 4.78 is 26.9. The van der Waals surface area contributed by atoms with Gasteiger partial charge in [-0.25, -0.2) is 8.78 Å². The minimum Gasteiger partial charge on any atom is -0.507 e. The second-order valence-electron chi connectivity index (χ2n) is 5.69. The predicted molar refractivity (Wildman–Crippen MR) is 102 cm³/mol. The highest BCUT2D eigenvalue weighted by Gasteiger charge is 2.12. The molecule has 2 aromatic rings. The van der Waals surface area contributed by atoms with Crippen molar-refractivity contribution < 1.29 is 13.9 Å². The fraction of sp³-hybridized carbons (Fsp3) is 0.100. The average Bonchev–Trinajstić information content (AvgIpc) is 2.58. The van der Waals surface area contributed by atoms with Gasteiger partial charge in [0.05, 0.1) is 0 Å². The summed E-state index contributed by atoms with van der Waals surface area (Å²) in [6, 6.07) is 9.73. The van der Waals surface area contributed by atoms with Crippen molar-refractivity contribution in [3.05, 3.63) is 95.2 Å². The first kappa shape index (κ1) is 18.9. The van der Waals surface area contributed by atoms with Crippen LogP contribution in [0.4, 0.5) is 8.78 Å². The van der Waals surface area contributed by atoms with Crippen LogP contribution in [-0.2, 0) is 0 Å². The average molecular weight is 406 g/mol. The molecule has 0 saturated carbocycles. The molecule has 0 saturated heterocycles. The van der Waals surface area contributed by atoms with Crippen molar-refractivity contribution in [1.29, 1.82) is 0 Å². The molecule has 0 radical (unpaired) electrons. The molecule has 0 fully saturated rings. The normalized spacial score (nSPS) is 14.1. The number of phenols is 1. The molecule has 0 amide bonds. The molecule has 1 aliphatic heterocycles. The van der Waals surface area contributed by atoms with Crippen LogP contribution in [0.15, 0.2) is 72.5 Å². The van der Waals surface area contributed by atoms with Gasteiger partial charge in [-0.2, -0.15) is 0 Å². The highest BCUT2D eigenvalue weighted by molar-refractivity contribution is 8.93. The quantitative estimate of drug-likeness (QED) is 0.770. The van der Waals surface area contributed by atoms with Gasteiger partial charge in [-0.3, -0.25) is 0 Å². The van der Waals surface area contributed by atoms with E-state index in [2.05, 4.69) is 0 Å². The Balaban J connectivity index is 0.00000225. The van der Waals surface area contributed by atoms with Crippen molar-refractivity contribution in [3.8, 4) is 5.75 Å². The number of phenolic OH excluding ortho intramolecular Hbond substituents is 1. The second kappa shape index (κ2) is 8.12. The Morgan fingerprint density at radius 3 is 2.40 bits per heavy atom. The lowest BCUT2D eigenvalue weighted by atomic mass is 9.94. The number of nitrogens with zero attached hydrogens (tertiary/aromatic N) is 1. The van der Waals surface area contributed by atoms with Crippen LogP contribution in [0.3, 0.4) is 0 Å². The third-order valence-corrected chi connectivity index (χ3v) is 3.85. The molecule has 1 heterocycles. The van der Waals surface area contributed by atoms with Crippen LogP contribution in [-0.4, -0.2) is 23.6 Å². The Morgan fingerprint density at radius 1 is 1.08 bits per heavy atom.